The molecule has 3 aromatic rings. The monoisotopic (exact) mass is 556 g/mol. The van der Waals surface area contributed by atoms with Crippen LogP contribution in [0.25, 0.3) is 22.4 Å². The van der Waals surface area contributed by atoms with Gasteiger partial charge in [0.05, 0.1) is 24.2 Å². The molecule has 0 aliphatic rings. The van der Waals surface area contributed by atoms with Gasteiger partial charge >= 0.3 is 6.09 Å². The molecule has 2 heterocycles. The molecule has 0 radical (unpaired) electrons. The highest BCUT2D eigenvalue weighted by Gasteiger charge is 2.15. The van der Waals surface area contributed by atoms with Gasteiger partial charge in [0.1, 0.15) is 11.3 Å². The highest BCUT2D eigenvalue weighted by molar-refractivity contribution is 6.30. The van der Waals surface area contributed by atoms with Crippen molar-refractivity contribution in [1.82, 2.24) is 19.9 Å². The van der Waals surface area contributed by atoms with Gasteiger partial charge in [0.15, 0.2) is 5.65 Å². The van der Waals surface area contributed by atoms with E-state index in [0.717, 1.165) is 38.0 Å². The molecule has 0 bridgehead atoms. The Bertz CT molecular complexity index is 1100. The van der Waals surface area contributed by atoms with Crippen LogP contribution in [0, 0.1) is 0 Å². The van der Waals surface area contributed by atoms with Crippen LogP contribution in [0.15, 0.2) is 36.5 Å². The van der Waals surface area contributed by atoms with Gasteiger partial charge in [-0.15, -0.1) is 24.8 Å². The van der Waals surface area contributed by atoms with E-state index in [0.29, 0.717) is 33.4 Å². The molecule has 8 nitrogen and oxygen atoms in total. The number of ether oxygens (including phenoxy) is 1. The SMILES string of the molecule is CCOC(=O)Nc1cc(NC(C)CCCN(CC)CC)nc2nc(-c3ccc(Cl)cc3)cnc12.Cl.Cl. The number of fused-ring (bicyclic) bond motifs is 1. The summed E-state index contributed by atoms with van der Waals surface area (Å²) < 4.78 is 5.06. The maximum Gasteiger partial charge on any atom is 0.411 e. The zero-order valence-corrected chi connectivity index (χ0v) is 23.5. The molecule has 0 saturated carbocycles. The quantitative estimate of drug-likeness (QED) is 0.272. The summed E-state index contributed by atoms with van der Waals surface area (Å²) in [4.78, 5) is 28.5. The Labute approximate surface area is 230 Å². The summed E-state index contributed by atoms with van der Waals surface area (Å²) in [5.41, 5.74) is 2.97. The third-order valence-electron chi connectivity index (χ3n) is 5.57. The van der Waals surface area contributed by atoms with Gasteiger partial charge < -0.3 is 15.0 Å². The van der Waals surface area contributed by atoms with Crippen LogP contribution >= 0.6 is 36.4 Å². The highest BCUT2D eigenvalue weighted by Crippen LogP contribution is 2.27. The molecule has 1 aromatic carbocycles. The van der Waals surface area contributed by atoms with Gasteiger partial charge in [0.25, 0.3) is 0 Å². The van der Waals surface area contributed by atoms with Crippen LogP contribution in [0.5, 0.6) is 0 Å². The van der Waals surface area contributed by atoms with Gasteiger partial charge in [0, 0.05) is 22.7 Å². The minimum absolute atomic E-state index is 0. The van der Waals surface area contributed by atoms with E-state index < -0.39 is 6.09 Å². The summed E-state index contributed by atoms with van der Waals surface area (Å²) in [6.45, 7) is 11.7. The number of nitrogens with zero attached hydrogens (tertiary/aromatic N) is 4. The van der Waals surface area contributed by atoms with Crippen LogP contribution in [0.4, 0.5) is 16.3 Å². The minimum Gasteiger partial charge on any atom is -0.450 e. The standard InChI is InChI=1S/C25H33ClN6O2.2ClH/c1-5-32(6-2)14-8-9-17(4)28-22-15-20(30-25(33)34-7-3)23-24(31-22)29-21(16-27-23)18-10-12-19(26)13-11-18;;/h10-13,15-17H,5-9,14H2,1-4H3,(H2,28,29,30,31,33);2*1H. The van der Waals surface area contributed by atoms with Gasteiger partial charge in [0.2, 0.25) is 0 Å². The average Bonchev–Trinajstić information content (AvgIpc) is 2.82. The fourth-order valence-corrected chi connectivity index (χ4v) is 3.82. The van der Waals surface area contributed by atoms with Crippen molar-refractivity contribution in [1.29, 1.82) is 0 Å². The Balaban J connectivity index is 0.00000324. The van der Waals surface area contributed by atoms with E-state index in [1.807, 2.05) is 24.3 Å². The zero-order valence-electron chi connectivity index (χ0n) is 21.1. The molecular formula is C25H35Cl3N6O2. The van der Waals surface area contributed by atoms with Crippen LogP contribution in [-0.4, -0.2) is 58.2 Å². The number of halogens is 3. The van der Waals surface area contributed by atoms with Crippen molar-refractivity contribution < 1.29 is 9.53 Å². The number of carbonyl (C=O) groups excluding carboxylic acids is 1. The number of rotatable bonds is 11. The van der Waals surface area contributed by atoms with Gasteiger partial charge in [-0.3, -0.25) is 5.32 Å². The van der Waals surface area contributed by atoms with Gasteiger partial charge in [-0.2, -0.15) is 0 Å². The van der Waals surface area contributed by atoms with E-state index >= 15 is 0 Å². The van der Waals surface area contributed by atoms with Crippen molar-refractivity contribution in [3.63, 3.8) is 0 Å². The number of amides is 1. The lowest BCUT2D eigenvalue weighted by Crippen LogP contribution is -2.25. The summed E-state index contributed by atoms with van der Waals surface area (Å²) in [6, 6.07) is 9.36. The van der Waals surface area contributed by atoms with Crippen molar-refractivity contribution >= 4 is 65.2 Å². The first-order chi connectivity index (χ1) is 16.4. The topological polar surface area (TPSA) is 92.3 Å². The minimum atomic E-state index is -0.545. The molecule has 0 aliphatic heterocycles. The molecule has 1 amide bonds. The van der Waals surface area contributed by atoms with Gasteiger partial charge in [-0.05, 0) is 58.5 Å². The van der Waals surface area contributed by atoms with Crippen molar-refractivity contribution in [2.75, 3.05) is 36.9 Å². The van der Waals surface area contributed by atoms with Crippen LogP contribution in [0.3, 0.4) is 0 Å². The molecule has 11 heteroatoms. The lowest BCUT2D eigenvalue weighted by molar-refractivity contribution is 0.168. The third-order valence-corrected chi connectivity index (χ3v) is 5.82. The third kappa shape index (κ3) is 8.92. The molecule has 0 fully saturated rings. The van der Waals surface area contributed by atoms with Gasteiger partial charge in [-0.1, -0.05) is 37.6 Å². The number of hydrogen-bond donors (Lipinski definition) is 2. The van der Waals surface area contributed by atoms with Crippen LogP contribution < -0.4 is 10.6 Å². The number of hydrogen-bond acceptors (Lipinski definition) is 7. The molecule has 2 aromatic heterocycles. The second kappa shape index (κ2) is 15.7. The van der Waals surface area contributed by atoms with Crippen molar-refractivity contribution in [2.45, 2.75) is 46.6 Å². The normalized spacial score (nSPS) is 11.4. The maximum absolute atomic E-state index is 12.1. The molecular weight excluding hydrogens is 523 g/mol. The predicted octanol–water partition coefficient (Wildman–Crippen LogP) is 6.68. The summed E-state index contributed by atoms with van der Waals surface area (Å²) in [6.07, 6.45) is 3.19. The number of carbonyl (C=O) groups is 1. The molecule has 36 heavy (non-hydrogen) atoms. The van der Waals surface area contributed by atoms with Crippen molar-refractivity contribution in [3.8, 4) is 11.3 Å². The Morgan fingerprint density at radius 1 is 1.11 bits per heavy atom. The Morgan fingerprint density at radius 3 is 2.44 bits per heavy atom. The molecule has 198 valence electrons. The molecule has 2 N–H and O–H groups in total. The fourth-order valence-electron chi connectivity index (χ4n) is 3.69. The second-order valence-electron chi connectivity index (χ2n) is 8.05. The highest BCUT2D eigenvalue weighted by atomic mass is 35.5. The molecule has 1 unspecified atom stereocenters. The Hall–Kier alpha value is -2.39. The number of aromatic nitrogens is 3. The first-order valence-corrected chi connectivity index (χ1v) is 12.2. The Morgan fingerprint density at radius 2 is 1.81 bits per heavy atom. The number of pyridine rings is 1. The molecule has 0 saturated heterocycles. The van der Waals surface area contributed by atoms with E-state index in [9.17, 15) is 4.79 Å². The Kier molecular flexibility index (Phi) is 13.8. The first kappa shape index (κ1) is 31.6. The number of nitrogens with one attached hydrogen (secondary N) is 2. The molecule has 1 atom stereocenters. The van der Waals surface area contributed by atoms with Gasteiger partial charge in [-0.25, -0.2) is 19.7 Å². The van der Waals surface area contributed by atoms with E-state index in [2.05, 4.69) is 41.3 Å². The maximum atomic E-state index is 12.1. The summed E-state index contributed by atoms with van der Waals surface area (Å²) in [7, 11) is 0. The fraction of sp³-hybridized carbons (Fsp3) is 0.440. The van der Waals surface area contributed by atoms with E-state index in [-0.39, 0.29) is 37.5 Å². The molecule has 3 rings (SSSR count). The van der Waals surface area contributed by atoms with E-state index in [1.165, 1.54) is 0 Å². The first-order valence-electron chi connectivity index (χ1n) is 11.8. The number of benzene rings is 1. The second-order valence-corrected chi connectivity index (χ2v) is 8.49. The number of anilines is 2. The summed E-state index contributed by atoms with van der Waals surface area (Å²) >= 11 is 6.02. The van der Waals surface area contributed by atoms with E-state index in [4.69, 9.17) is 26.3 Å². The lowest BCUT2D eigenvalue weighted by atomic mass is 10.1. The summed E-state index contributed by atoms with van der Waals surface area (Å²) in [5, 5.41) is 6.87. The largest absolute Gasteiger partial charge is 0.450 e. The van der Waals surface area contributed by atoms with Crippen LogP contribution in [0.1, 0.15) is 40.5 Å². The van der Waals surface area contributed by atoms with Crippen LogP contribution in [-0.2, 0) is 4.74 Å². The molecule has 0 aliphatic carbocycles. The predicted molar refractivity (Wildman–Crippen MR) is 153 cm³/mol. The summed E-state index contributed by atoms with van der Waals surface area (Å²) in [5.74, 6) is 0.622. The van der Waals surface area contributed by atoms with E-state index in [1.54, 1.807) is 19.2 Å². The molecule has 0 spiro atoms. The van der Waals surface area contributed by atoms with Crippen LogP contribution in [0.2, 0.25) is 5.02 Å². The van der Waals surface area contributed by atoms with Crippen molar-refractivity contribution in [3.05, 3.63) is 41.6 Å². The average molecular weight is 558 g/mol. The van der Waals surface area contributed by atoms with Crippen molar-refractivity contribution in [2.24, 2.45) is 0 Å². The smallest absolute Gasteiger partial charge is 0.411 e. The zero-order chi connectivity index (χ0) is 24.5. The lowest BCUT2D eigenvalue weighted by Gasteiger charge is -2.20.